The van der Waals surface area contributed by atoms with Crippen molar-refractivity contribution < 1.29 is 4.79 Å². The molecule has 0 spiro atoms. The number of piperidine rings is 1. The van der Waals surface area contributed by atoms with Crippen LogP contribution in [0.1, 0.15) is 39.7 Å². The zero-order chi connectivity index (χ0) is 13.9. The molecule has 1 aliphatic rings. The standard InChI is InChI=1S/C15H17N3OS/c1-11-8-14(17-20-11)15(19)18-7-3-5-13(10-18)12-4-2-6-16-9-12/h2,4,6,8-9,13H,3,5,7,10H2,1H3. The number of carbonyl (C=O) groups excluding carboxylic acids is 1. The van der Waals surface area contributed by atoms with Crippen molar-refractivity contribution in [2.24, 2.45) is 0 Å². The quantitative estimate of drug-likeness (QED) is 0.853. The Balaban J connectivity index is 1.74. The van der Waals surface area contributed by atoms with E-state index in [0.29, 0.717) is 11.6 Å². The van der Waals surface area contributed by atoms with Crippen molar-refractivity contribution in [3.8, 4) is 0 Å². The Hall–Kier alpha value is -1.75. The number of hydrogen-bond acceptors (Lipinski definition) is 4. The first-order valence-corrected chi connectivity index (χ1v) is 7.64. The molecule has 1 fully saturated rings. The molecule has 1 unspecified atom stereocenters. The first kappa shape index (κ1) is 13.2. The molecule has 0 aliphatic carbocycles. The lowest BCUT2D eigenvalue weighted by Gasteiger charge is -2.32. The zero-order valence-electron chi connectivity index (χ0n) is 11.5. The number of likely N-dealkylation sites (tertiary alicyclic amines) is 1. The Morgan fingerprint density at radius 1 is 1.50 bits per heavy atom. The molecule has 0 bridgehead atoms. The van der Waals surface area contributed by atoms with Gasteiger partial charge in [-0.2, -0.15) is 4.37 Å². The van der Waals surface area contributed by atoms with Crippen LogP contribution in [0.15, 0.2) is 30.6 Å². The maximum Gasteiger partial charge on any atom is 0.273 e. The highest BCUT2D eigenvalue weighted by atomic mass is 32.1. The van der Waals surface area contributed by atoms with E-state index >= 15 is 0 Å². The highest BCUT2D eigenvalue weighted by Gasteiger charge is 2.26. The molecule has 3 rings (SSSR count). The third kappa shape index (κ3) is 2.72. The van der Waals surface area contributed by atoms with E-state index in [4.69, 9.17) is 0 Å². The molecule has 2 aromatic rings. The van der Waals surface area contributed by atoms with Crippen molar-refractivity contribution >= 4 is 17.4 Å². The summed E-state index contributed by atoms with van der Waals surface area (Å²) in [7, 11) is 0. The Bertz CT molecular complexity index is 596. The van der Waals surface area contributed by atoms with Gasteiger partial charge in [0.15, 0.2) is 0 Å². The highest BCUT2D eigenvalue weighted by molar-refractivity contribution is 7.05. The predicted octanol–water partition coefficient (Wildman–Crippen LogP) is 2.87. The van der Waals surface area contributed by atoms with Crippen LogP contribution in [0.5, 0.6) is 0 Å². The van der Waals surface area contributed by atoms with Gasteiger partial charge in [0.25, 0.3) is 5.91 Å². The Morgan fingerprint density at radius 3 is 3.10 bits per heavy atom. The van der Waals surface area contributed by atoms with E-state index in [1.807, 2.05) is 30.2 Å². The van der Waals surface area contributed by atoms with Crippen LogP contribution in [0.2, 0.25) is 0 Å². The average Bonchev–Trinajstić information content (AvgIpc) is 2.94. The molecule has 1 amide bonds. The van der Waals surface area contributed by atoms with Crippen molar-refractivity contribution in [2.45, 2.75) is 25.7 Å². The van der Waals surface area contributed by atoms with Crippen LogP contribution in [-0.4, -0.2) is 33.3 Å². The highest BCUT2D eigenvalue weighted by Crippen LogP contribution is 2.27. The largest absolute Gasteiger partial charge is 0.337 e. The van der Waals surface area contributed by atoms with Crippen LogP contribution in [0, 0.1) is 6.92 Å². The number of aromatic nitrogens is 2. The van der Waals surface area contributed by atoms with Gasteiger partial charge in [0.05, 0.1) is 0 Å². The van der Waals surface area contributed by atoms with E-state index in [9.17, 15) is 4.79 Å². The Morgan fingerprint density at radius 2 is 2.40 bits per heavy atom. The molecule has 3 heterocycles. The second-order valence-electron chi connectivity index (χ2n) is 5.20. The van der Waals surface area contributed by atoms with E-state index in [-0.39, 0.29) is 5.91 Å². The number of hydrogen-bond donors (Lipinski definition) is 0. The van der Waals surface area contributed by atoms with E-state index in [0.717, 1.165) is 30.8 Å². The molecular weight excluding hydrogens is 270 g/mol. The minimum Gasteiger partial charge on any atom is -0.337 e. The van der Waals surface area contributed by atoms with Crippen molar-refractivity contribution in [2.75, 3.05) is 13.1 Å². The number of amides is 1. The van der Waals surface area contributed by atoms with Gasteiger partial charge in [-0.1, -0.05) is 6.07 Å². The molecule has 4 nitrogen and oxygen atoms in total. The van der Waals surface area contributed by atoms with Gasteiger partial charge in [0.1, 0.15) is 5.69 Å². The molecule has 0 N–H and O–H groups in total. The fourth-order valence-electron chi connectivity index (χ4n) is 2.68. The summed E-state index contributed by atoms with van der Waals surface area (Å²) in [6.07, 6.45) is 5.85. The van der Waals surface area contributed by atoms with Crippen molar-refractivity contribution in [1.82, 2.24) is 14.3 Å². The van der Waals surface area contributed by atoms with Crippen molar-refractivity contribution in [3.05, 3.63) is 46.7 Å². The summed E-state index contributed by atoms with van der Waals surface area (Å²) in [6, 6.07) is 5.93. The molecule has 0 aromatic carbocycles. The summed E-state index contributed by atoms with van der Waals surface area (Å²) in [4.78, 5) is 19.6. The molecule has 0 saturated carbocycles. The van der Waals surface area contributed by atoms with Gasteiger partial charge in [-0.05, 0) is 49.0 Å². The third-order valence-electron chi connectivity index (χ3n) is 3.71. The van der Waals surface area contributed by atoms with Gasteiger partial charge >= 0.3 is 0 Å². The normalized spacial score (nSPS) is 19.1. The molecule has 2 aromatic heterocycles. The maximum atomic E-state index is 12.4. The second-order valence-corrected chi connectivity index (χ2v) is 6.21. The summed E-state index contributed by atoms with van der Waals surface area (Å²) < 4.78 is 4.23. The molecule has 20 heavy (non-hydrogen) atoms. The molecule has 1 atom stereocenters. The minimum absolute atomic E-state index is 0.0583. The molecule has 5 heteroatoms. The fourth-order valence-corrected chi connectivity index (χ4v) is 3.22. The van der Waals surface area contributed by atoms with Crippen LogP contribution >= 0.6 is 11.5 Å². The third-order valence-corrected chi connectivity index (χ3v) is 4.41. The van der Waals surface area contributed by atoms with Gasteiger partial charge in [-0.3, -0.25) is 9.78 Å². The number of nitrogens with zero attached hydrogens (tertiary/aromatic N) is 3. The van der Waals surface area contributed by atoms with Crippen LogP contribution in [0.3, 0.4) is 0 Å². The van der Waals surface area contributed by atoms with Gasteiger partial charge in [-0.15, -0.1) is 0 Å². The van der Waals surface area contributed by atoms with Gasteiger partial charge in [0.2, 0.25) is 0 Å². The lowest BCUT2D eigenvalue weighted by Crippen LogP contribution is -2.39. The van der Waals surface area contributed by atoms with Crippen molar-refractivity contribution in [1.29, 1.82) is 0 Å². The maximum absolute atomic E-state index is 12.4. The fraction of sp³-hybridized carbons (Fsp3) is 0.400. The summed E-state index contributed by atoms with van der Waals surface area (Å²) in [5, 5.41) is 0. The van der Waals surface area contributed by atoms with Crippen LogP contribution in [0.25, 0.3) is 0 Å². The summed E-state index contributed by atoms with van der Waals surface area (Å²) in [6.45, 7) is 3.57. The predicted molar refractivity (Wildman–Crippen MR) is 79.0 cm³/mol. The van der Waals surface area contributed by atoms with E-state index in [1.54, 1.807) is 6.20 Å². The molecule has 1 aliphatic heterocycles. The first-order chi connectivity index (χ1) is 9.74. The number of pyridine rings is 1. The average molecular weight is 287 g/mol. The Kier molecular flexibility index (Phi) is 3.78. The number of carbonyl (C=O) groups is 1. The topological polar surface area (TPSA) is 46.1 Å². The molecule has 104 valence electrons. The lowest BCUT2D eigenvalue weighted by atomic mass is 9.91. The van der Waals surface area contributed by atoms with Gasteiger partial charge in [-0.25, -0.2) is 0 Å². The zero-order valence-corrected chi connectivity index (χ0v) is 12.3. The summed E-state index contributed by atoms with van der Waals surface area (Å²) >= 11 is 1.39. The van der Waals surface area contributed by atoms with E-state index in [2.05, 4.69) is 15.4 Å². The Labute approximate surface area is 122 Å². The summed E-state index contributed by atoms with van der Waals surface area (Å²) in [5.74, 6) is 0.448. The lowest BCUT2D eigenvalue weighted by molar-refractivity contribution is 0.0702. The molecule has 1 saturated heterocycles. The van der Waals surface area contributed by atoms with Gasteiger partial charge < -0.3 is 4.90 Å². The number of aryl methyl sites for hydroxylation is 1. The van der Waals surface area contributed by atoms with Crippen LogP contribution < -0.4 is 0 Å². The smallest absolute Gasteiger partial charge is 0.273 e. The van der Waals surface area contributed by atoms with Crippen molar-refractivity contribution in [3.63, 3.8) is 0 Å². The minimum atomic E-state index is 0.0583. The van der Waals surface area contributed by atoms with Gasteiger partial charge in [0, 0.05) is 36.3 Å². The second kappa shape index (κ2) is 5.71. The SMILES string of the molecule is Cc1cc(C(=O)N2CCCC(c3cccnc3)C2)ns1. The monoisotopic (exact) mass is 287 g/mol. The first-order valence-electron chi connectivity index (χ1n) is 6.86. The van der Waals surface area contributed by atoms with E-state index < -0.39 is 0 Å². The van der Waals surface area contributed by atoms with Crippen LogP contribution in [-0.2, 0) is 0 Å². The number of rotatable bonds is 2. The molecule has 0 radical (unpaired) electrons. The van der Waals surface area contributed by atoms with E-state index in [1.165, 1.54) is 17.1 Å². The summed E-state index contributed by atoms with van der Waals surface area (Å²) in [5.41, 5.74) is 1.80. The van der Waals surface area contributed by atoms with Crippen LogP contribution in [0.4, 0.5) is 0 Å². The molecular formula is C15H17N3OS.